The lowest BCUT2D eigenvalue weighted by atomic mass is 10.2. The molecular weight excluding hydrogens is 300 g/mol. The fraction of sp³-hybridized carbons (Fsp3) is 0.267. The van der Waals surface area contributed by atoms with E-state index in [4.69, 9.17) is 5.73 Å². The van der Waals surface area contributed by atoms with Gasteiger partial charge in [0.25, 0.3) is 5.91 Å². The number of amides is 2. The highest BCUT2D eigenvalue weighted by molar-refractivity contribution is 7.09. The van der Waals surface area contributed by atoms with E-state index in [0.717, 1.165) is 17.7 Å². The first-order valence-electron chi connectivity index (χ1n) is 7.00. The van der Waals surface area contributed by atoms with Gasteiger partial charge < -0.3 is 16.0 Å². The third kappa shape index (κ3) is 2.86. The van der Waals surface area contributed by atoms with Gasteiger partial charge in [-0.25, -0.2) is 4.98 Å². The number of thiazole rings is 1. The van der Waals surface area contributed by atoms with Crippen LogP contribution in [0.3, 0.4) is 0 Å². The van der Waals surface area contributed by atoms with Gasteiger partial charge in [-0.1, -0.05) is 18.2 Å². The van der Waals surface area contributed by atoms with Gasteiger partial charge in [0.15, 0.2) is 0 Å². The second-order valence-corrected chi connectivity index (χ2v) is 5.88. The van der Waals surface area contributed by atoms with E-state index in [0.29, 0.717) is 23.8 Å². The SMILES string of the molecule is NCc1nc(C(=O)NCC(=O)N2CCc3ccccc32)cs1. The minimum atomic E-state index is -0.350. The molecule has 0 radical (unpaired) electrons. The molecule has 0 saturated heterocycles. The van der Waals surface area contributed by atoms with Gasteiger partial charge in [-0.2, -0.15) is 0 Å². The summed E-state index contributed by atoms with van der Waals surface area (Å²) >= 11 is 1.34. The number of carbonyl (C=O) groups excluding carboxylic acids is 2. The molecule has 7 heteroatoms. The van der Waals surface area contributed by atoms with Crippen molar-refractivity contribution < 1.29 is 9.59 Å². The van der Waals surface area contributed by atoms with Gasteiger partial charge in [-0.3, -0.25) is 9.59 Å². The number of nitrogens with one attached hydrogen (secondary N) is 1. The summed E-state index contributed by atoms with van der Waals surface area (Å²) in [4.78, 5) is 30.0. The van der Waals surface area contributed by atoms with Gasteiger partial charge >= 0.3 is 0 Å². The van der Waals surface area contributed by atoms with Crippen LogP contribution in [-0.4, -0.2) is 29.9 Å². The molecule has 1 aliphatic rings. The monoisotopic (exact) mass is 316 g/mol. The molecule has 0 unspecified atom stereocenters. The van der Waals surface area contributed by atoms with Crippen LogP contribution in [-0.2, 0) is 17.8 Å². The molecule has 2 amide bonds. The average molecular weight is 316 g/mol. The van der Waals surface area contributed by atoms with Crippen LogP contribution in [0.4, 0.5) is 5.69 Å². The first-order chi connectivity index (χ1) is 10.7. The maximum atomic E-state index is 12.3. The highest BCUT2D eigenvalue weighted by Gasteiger charge is 2.24. The number of nitrogens with zero attached hydrogens (tertiary/aromatic N) is 2. The zero-order chi connectivity index (χ0) is 15.5. The van der Waals surface area contributed by atoms with Crippen molar-refractivity contribution in [2.75, 3.05) is 18.0 Å². The van der Waals surface area contributed by atoms with Crippen LogP contribution in [0, 0.1) is 0 Å². The smallest absolute Gasteiger partial charge is 0.271 e. The van der Waals surface area contributed by atoms with Crippen LogP contribution in [0.25, 0.3) is 0 Å². The minimum absolute atomic E-state index is 0.0390. The van der Waals surface area contributed by atoms with E-state index in [1.807, 2.05) is 24.3 Å². The molecule has 1 aromatic carbocycles. The molecule has 0 atom stereocenters. The molecule has 0 fully saturated rings. The van der Waals surface area contributed by atoms with Crippen molar-refractivity contribution in [2.24, 2.45) is 5.73 Å². The second-order valence-electron chi connectivity index (χ2n) is 4.94. The molecule has 6 nitrogen and oxygen atoms in total. The Bertz CT molecular complexity index is 713. The molecule has 0 saturated carbocycles. The number of fused-ring (bicyclic) bond motifs is 1. The number of para-hydroxylation sites is 1. The predicted octanol–water partition coefficient (Wildman–Crippen LogP) is 0.921. The van der Waals surface area contributed by atoms with E-state index < -0.39 is 0 Å². The van der Waals surface area contributed by atoms with Crippen LogP contribution >= 0.6 is 11.3 Å². The Hall–Kier alpha value is -2.25. The number of carbonyl (C=O) groups is 2. The molecule has 0 spiro atoms. The molecule has 114 valence electrons. The molecular formula is C15H16N4O2S. The van der Waals surface area contributed by atoms with E-state index in [-0.39, 0.29) is 18.4 Å². The Labute approximate surface area is 132 Å². The van der Waals surface area contributed by atoms with Crippen molar-refractivity contribution in [3.8, 4) is 0 Å². The summed E-state index contributed by atoms with van der Waals surface area (Å²) in [5.74, 6) is -0.468. The zero-order valence-corrected chi connectivity index (χ0v) is 12.7. The lowest BCUT2D eigenvalue weighted by Crippen LogP contribution is -2.39. The van der Waals surface area contributed by atoms with Crippen LogP contribution in [0.2, 0.25) is 0 Å². The molecule has 3 N–H and O–H groups in total. The summed E-state index contributed by atoms with van der Waals surface area (Å²) < 4.78 is 0. The Morgan fingerprint density at radius 3 is 2.95 bits per heavy atom. The number of hydrogen-bond acceptors (Lipinski definition) is 5. The van der Waals surface area contributed by atoms with Gasteiger partial charge in [-0.15, -0.1) is 11.3 Å². The van der Waals surface area contributed by atoms with Gasteiger partial charge in [-0.05, 0) is 18.1 Å². The van der Waals surface area contributed by atoms with Crippen molar-refractivity contribution in [3.05, 3.63) is 45.9 Å². The Balaban J connectivity index is 1.60. The number of anilines is 1. The van der Waals surface area contributed by atoms with E-state index in [2.05, 4.69) is 10.3 Å². The first kappa shape index (κ1) is 14.7. The largest absolute Gasteiger partial charge is 0.342 e. The number of aromatic nitrogens is 1. The lowest BCUT2D eigenvalue weighted by molar-refractivity contribution is -0.117. The van der Waals surface area contributed by atoms with Crippen molar-refractivity contribution in [2.45, 2.75) is 13.0 Å². The van der Waals surface area contributed by atoms with E-state index in [1.165, 1.54) is 11.3 Å². The first-order valence-corrected chi connectivity index (χ1v) is 7.88. The summed E-state index contributed by atoms with van der Waals surface area (Å²) in [7, 11) is 0. The van der Waals surface area contributed by atoms with Crippen LogP contribution in [0.15, 0.2) is 29.6 Å². The summed E-state index contributed by atoms with van der Waals surface area (Å²) in [6, 6.07) is 7.82. The fourth-order valence-corrected chi connectivity index (χ4v) is 3.10. The van der Waals surface area contributed by atoms with Crippen LogP contribution in [0.1, 0.15) is 21.1 Å². The molecule has 0 aliphatic carbocycles. The number of nitrogens with two attached hydrogens (primary N) is 1. The van der Waals surface area contributed by atoms with E-state index in [1.54, 1.807) is 10.3 Å². The number of benzene rings is 1. The Morgan fingerprint density at radius 1 is 1.36 bits per heavy atom. The molecule has 3 rings (SSSR count). The minimum Gasteiger partial charge on any atom is -0.342 e. The standard InChI is InChI=1S/C15H16N4O2S/c16-7-13-18-11(9-22-13)15(21)17-8-14(20)19-6-5-10-3-1-2-4-12(10)19/h1-4,9H,5-8,16H2,(H,17,21). The third-order valence-corrected chi connectivity index (χ3v) is 4.42. The van der Waals surface area contributed by atoms with Crippen molar-refractivity contribution in [1.82, 2.24) is 10.3 Å². The third-order valence-electron chi connectivity index (χ3n) is 3.55. The fourth-order valence-electron chi connectivity index (χ4n) is 2.45. The number of rotatable bonds is 4. The average Bonchev–Trinajstić information content (AvgIpc) is 3.18. The molecule has 1 aromatic heterocycles. The topological polar surface area (TPSA) is 88.3 Å². The summed E-state index contributed by atoms with van der Waals surface area (Å²) in [6.45, 7) is 0.923. The van der Waals surface area contributed by atoms with Gasteiger partial charge in [0.2, 0.25) is 5.91 Å². The Kier molecular flexibility index (Phi) is 4.17. The Morgan fingerprint density at radius 2 is 2.18 bits per heavy atom. The van der Waals surface area contributed by atoms with Crippen LogP contribution < -0.4 is 16.0 Å². The predicted molar refractivity (Wildman–Crippen MR) is 84.8 cm³/mol. The van der Waals surface area contributed by atoms with Crippen molar-refractivity contribution in [3.63, 3.8) is 0 Å². The lowest BCUT2D eigenvalue weighted by Gasteiger charge is -2.17. The summed E-state index contributed by atoms with van der Waals surface area (Å²) in [5, 5.41) is 4.96. The van der Waals surface area contributed by atoms with E-state index in [9.17, 15) is 9.59 Å². The van der Waals surface area contributed by atoms with Gasteiger partial charge in [0, 0.05) is 24.2 Å². The highest BCUT2D eigenvalue weighted by Crippen LogP contribution is 2.27. The quantitative estimate of drug-likeness (QED) is 0.878. The molecule has 22 heavy (non-hydrogen) atoms. The normalized spacial score (nSPS) is 13.0. The zero-order valence-electron chi connectivity index (χ0n) is 11.9. The van der Waals surface area contributed by atoms with E-state index >= 15 is 0 Å². The van der Waals surface area contributed by atoms with Gasteiger partial charge in [0.05, 0.1) is 6.54 Å². The molecule has 2 aromatic rings. The number of hydrogen-bond donors (Lipinski definition) is 2. The van der Waals surface area contributed by atoms with Gasteiger partial charge in [0.1, 0.15) is 10.7 Å². The highest BCUT2D eigenvalue weighted by atomic mass is 32.1. The molecule has 0 bridgehead atoms. The maximum Gasteiger partial charge on any atom is 0.271 e. The second kappa shape index (κ2) is 6.25. The van der Waals surface area contributed by atoms with Crippen molar-refractivity contribution in [1.29, 1.82) is 0 Å². The molecule has 1 aliphatic heterocycles. The maximum absolute atomic E-state index is 12.3. The van der Waals surface area contributed by atoms with Crippen LogP contribution in [0.5, 0.6) is 0 Å². The van der Waals surface area contributed by atoms with Crippen molar-refractivity contribution >= 4 is 28.8 Å². The molecule has 2 heterocycles. The summed E-state index contributed by atoms with van der Waals surface area (Å²) in [6.07, 6.45) is 0.849. The summed E-state index contributed by atoms with van der Waals surface area (Å²) in [5.41, 5.74) is 7.87.